The van der Waals surface area contributed by atoms with E-state index in [0.29, 0.717) is 12.5 Å². The Morgan fingerprint density at radius 1 is 0.784 bits per heavy atom. The van der Waals surface area contributed by atoms with Gasteiger partial charge in [0.15, 0.2) is 0 Å². The van der Waals surface area contributed by atoms with Crippen LogP contribution in [0.15, 0.2) is 84.9 Å². The van der Waals surface area contributed by atoms with E-state index in [2.05, 4.69) is 99.6 Å². The van der Waals surface area contributed by atoms with Crippen LogP contribution in [0.4, 0.5) is 0 Å². The van der Waals surface area contributed by atoms with Gasteiger partial charge in [-0.25, -0.2) is 0 Å². The summed E-state index contributed by atoms with van der Waals surface area (Å²) in [6.45, 7) is 9.01. The van der Waals surface area contributed by atoms with E-state index < -0.39 is 0 Å². The van der Waals surface area contributed by atoms with E-state index in [1.165, 1.54) is 16.7 Å². The van der Waals surface area contributed by atoms with Gasteiger partial charge in [0, 0.05) is 38.6 Å². The minimum absolute atomic E-state index is 0.155. The van der Waals surface area contributed by atoms with Gasteiger partial charge in [0.05, 0.1) is 12.6 Å². The highest BCUT2D eigenvalue weighted by atomic mass is 16.5. The molecule has 1 amide bonds. The van der Waals surface area contributed by atoms with Crippen LogP contribution in [0.25, 0.3) is 0 Å². The van der Waals surface area contributed by atoms with Gasteiger partial charge in [-0.15, -0.1) is 0 Å². The van der Waals surface area contributed by atoms with E-state index in [-0.39, 0.29) is 12.0 Å². The Balaban J connectivity index is 1.13. The zero-order chi connectivity index (χ0) is 25.5. The Morgan fingerprint density at radius 3 is 1.89 bits per heavy atom. The van der Waals surface area contributed by atoms with Gasteiger partial charge >= 0.3 is 0 Å². The zero-order valence-electron chi connectivity index (χ0n) is 22.0. The third-order valence-corrected chi connectivity index (χ3v) is 7.80. The summed E-state index contributed by atoms with van der Waals surface area (Å²) in [5.74, 6) is 1.44. The van der Waals surface area contributed by atoms with Crippen LogP contribution >= 0.6 is 0 Å². The number of rotatable bonds is 8. The average molecular weight is 498 g/mol. The Kier molecular flexibility index (Phi) is 8.54. The summed E-state index contributed by atoms with van der Waals surface area (Å²) in [5.41, 5.74) is 3.93. The Morgan fingerprint density at radius 2 is 1.35 bits per heavy atom. The molecule has 0 aliphatic carbocycles. The molecule has 3 aromatic rings. The summed E-state index contributed by atoms with van der Waals surface area (Å²) < 4.78 is 5.55. The van der Waals surface area contributed by atoms with Crippen LogP contribution < -0.4 is 4.74 Å². The van der Waals surface area contributed by atoms with Crippen molar-refractivity contribution in [1.29, 1.82) is 0 Å². The maximum absolute atomic E-state index is 13.4. The van der Waals surface area contributed by atoms with Crippen LogP contribution in [-0.2, 0) is 11.3 Å². The average Bonchev–Trinajstić information content (AvgIpc) is 2.96. The minimum Gasteiger partial charge on any atom is -0.494 e. The number of hydrogen-bond acceptors (Lipinski definition) is 4. The molecule has 3 aromatic carbocycles. The maximum atomic E-state index is 13.4. The molecule has 0 unspecified atom stereocenters. The van der Waals surface area contributed by atoms with Crippen molar-refractivity contribution in [2.75, 3.05) is 45.9 Å². The lowest BCUT2D eigenvalue weighted by molar-refractivity contribution is -0.139. The first-order chi connectivity index (χ1) is 18.2. The molecule has 0 spiro atoms. The van der Waals surface area contributed by atoms with E-state index in [1.54, 1.807) is 0 Å². The summed E-state index contributed by atoms with van der Waals surface area (Å²) in [4.78, 5) is 20.5. The highest BCUT2D eigenvalue weighted by Gasteiger charge is 2.32. The van der Waals surface area contributed by atoms with E-state index in [0.717, 1.165) is 64.4 Å². The van der Waals surface area contributed by atoms with Gasteiger partial charge in [-0.3, -0.25) is 14.6 Å². The van der Waals surface area contributed by atoms with Gasteiger partial charge in [-0.05, 0) is 61.7 Å². The van der Waals surface area contributed by atoms with Crippen molar-refractivity contribution in [2.45, 2.75) is 32.4 Å². The number of amides is 1. The fourth-order valence-electron chi connectivity index (χ4n) is 5.80. The molecule has 194 valence electrons. The predicted octanol–water partition coefficient (Wildman–Crippen LogP) is 5.23. The van der Waals surface area contributed by atoms with Crippen LogP contribution in [0.5, 0.6) is 5.75 Å². The highest BCUT2D eigenvalue weighted by Crippen LogP contribution is 2.30. The number of hydrogen-bond donors (Lipinski definition) is 0. The van der Waals surface area contributed by atoms with Crippen LogP contribution in [-0.4, -0.2) is 66.5 Å². The standard InChI is InChI=1S/C32H39N3O2/c1-2-37-30-15-13-26(14-16-30)25-33-19-17-29(18-20-33)32(36)35-23-21-34(22-24-35)31(27-9-5-3-6-10-27)28-11-7-4-8-12-28/h3-16,29,31H,2,17-25H2,1H3. The largest absolute Gasteiger partial charge is 0.494 e. The number of piperidine rings is 1. The van der Waals surface area contributed by atoms with Gasteiger partial charge in [0.2, 0.25) is 5.91 Å². The SMILES string of the molecule is CCOc1ccc(CN2CCC(C(=O)N3CCN(C(c4ccccc4)c4ccccc4)CC3)CC2)cc1. The number of piperazine rings is 1. The van der Waals surface area contributed by atoms with E-state index in [4.69, 9.17) is 4.74 Å². The molecule has 2 saturated heterocycles. The molecule has 2 fully saturated rings. The second kappa shape index (κ2) is 12.4. The Hall–Kier alpha value is -3.15. The molecular weight excluding hydrogens is 458 g/mol. The monoisotopic (exact) mass is 497 g/mol. The fraction of sp³-hybridized carbons (Fsp3) is 0.406. The van der Waals surface area contributed by atoms with Crippen LogP contribution in [0.1, 0.15) is 42.5 Å². The van der Waals surface area contributed by atoms with Gasteiger partial charge in [0.1, 0.15) is 5.75 Å². The first kappa shape index (κ1) is 25.5. The molecule has 0 aromatic heterocycles. The van der Waals surface area contributed by atoms with Crippen molar-refractivity contribution in [3.8, 4) is 5.75 Å². The van der Waals surface area contributed by atoms with Crippen molar-refractivity contribution in [1.82, 2.24) is 14.7 Å². The molecule has 0 atom stereocenters. The molecule has 5 rings (SSSR count). The fourth-order valence-corrected chi connectivity index (χ4v) is 5.80. The van der Waals surface area contributed by atoms with Crippen molar-refractivity contribution < 1.29 is 9.53 Å². The third-order valence-electron chi connectivity index (χ3n) is 7.80. The second-order valence-corrected chi connectivity index (χ2v) is 10.2. The molecule has 2 heterocycles. The number of carbonyl (C=O) groups excluding carboxylic acids is 1. The number of ether oxygens (including phenoxy) is 1. The van der Waals surface area contributed by atoms with Crippen LogP contribution in [0.3, 0.4) is 0 Å². The molecule has 37 heavy (non-hydrogen) atoms. The molecule has 0 saturated carbocycles. The topological polar surface area (TPSA) is 36.0 Å². The maximum Gasteiger partial charge on any atom is 0.225 e. The molecule has 0 N–H and O–H groups in total. The normalized spacial score (nSPS) is 17.7. The van der Waals surface area contributed by atoms with Gasteiger partial charge in [0.25, 0.3) is 0 Å². The second-order valence-electron chi connectivity index (χ2n) is 10.2. The molecule has 2 aliphatic heterocycles. The lowest BCUT2D eigenvalue weighted by atomic mass is 9.94. The predicted molar refractivity (Wildman–Crippen MR) is 148 cm³/mol. The van der Waals surface area contributed by atoms with E-state index in [9.17, 15) is 4.79 Å². The van der Waals surface area contributed by atoms with E-state index in [1.807, 2.05) is 6.92 Å². The summed E-state index contributed by atoms with van der Waals surface area (Å²) in [6, 6.07) is 30.1. The smallest absolute Gasteiger partial charge is 0.225 e. The number of benzene rings is 3. The van der Waals surface area contributed by atoms with Gasteiger partial charge < -0.3 is 9.64 Å². The van der Waals surface area contributed by atoms with Crippen molar-refractivity contribution >= 4 is 5.91 Å². The molecular formula is C32H39N3O2. The first-order valence-electron chi connectivity index (χ1n) is 13.8. The molecule has 0 radical (unpaired) electrons. The van der Waals surface area contributed by atoms with Crippen LogP contribution in [0.2, 0.25) is 0 Å². The van der Waals surface area contributed by atoms with Crippen molar-refractivity contribution in [2.24, 2.45) is 5.92 Å². The quantitative estimate of drug-likeness (QED) is 0.427. The summed E-state index contributed by atoms with van der Waals surface area (Å²) in [5, 5.41) is 0. The van der Waals surface area contributed by atoms with E-state index >= 15 is 0 Å². The van der Waals surface area contributed by atoms with Crippen molar-refractivity contribution in [3.63, 3.8) is 0 Å². The lowest BCUT2D eigenvalue weighted by Crippen LogP contribution is -2.52. The summed E-state index contributed by atoms with van der Waals surface area (Å²) in [6.07, 6.45) is 1.90. The Labute approximate surface area is 221 Å². The number of nitrogens with zero attached hydrogens (tertiary/aromatic N) is 3. The molecule has 5 nitrogen and oxygen atoms in total. The number of likely N-dealkylation sites (tertiary alicyclic amines) is 1. The summed E-state index contributed by atoms with van der Waals surface area (Å²) in [7, 11) is 0. The van der Waals surface area contributed by atoms with Gasteiger partial charge in [-0.2, -0.15) is 0 Å². The molecule has 0 bridgehead atoms. The number of carbonyl (C=O) groups is 1. The minimum atomic E-state index is 0.155. The molecule has 5 heteroatoms. The zero-order valence-corrected chi connectivity index (χ0v) is 22.0. The lowest BCUT2D eigenvalue weighted by Gasteiger charge is -2.41. The Bertz CT molecular complexity index is 1060. The van der Waals surface area contributed by atoms with Gasteiger partial charge in [-0.1, -0.05) is 72.8 Å². The van der Waals surface area contributed by atoms with Crippen LogP contribution in [0, 0.1) is 5.92 Å². The highest BCUT2D eigenvalue weighted by molar-refractivity contribution is 5.79. The molecule has 2 aliphatic rings. The third kappa shape index (κ3) is 6.41. The van der Waals surface area contributed by atoms with Crippen molar-refractivity contribution in [3.05, 3.63) is 102 Å². The summed E-state index contributed by atoms with van der Waals surface area (Å²) >= 11 is 0. The first-order valence-corrected chi connectivity index (χ1v) is 13.8.